The second kappa shape index (κ2) is 8.44. The molecule has 0 unspecified atom stereocenters. The fourth-order valence-electron chi connectivity index (χ4n) is 4.16. The lowest BCUT2D eigenvalue weighted by atomic mass is 10.1. The number of anilines is 1. The lowest BCUT2D eigenvalue weighted by Crippen LogP contribution is -2.21. The molecule has 0 bridgehead atoms. The SMILES string of the molecule is Cc1ccc(C=C2CCn3c2nc2cc(NC(=O)c4ccccc4C(=O)O)ccc2c3=O)cc1. The Balaban J connectivity index is 1.51. The number of carbonyl (C=O) groups is 2. The first-order valence-corrected chi connectivity index (χ1v) is 10.9. The van der Waals surface area contributed by atoms with Crippen LogP contribution in [-0.4, -0.2) is 26.5 Å². The van der Waals surface area contributed by atoms with E-state index in [9.17, 15) is 19.5 Å². The minimum Gasteiger partial charge on any atom is -0.478 e. The first-order valence-electron chi connectivity index (χ1n) is 10.9. The Hall–Kier alpha value is -4.52. The number of carboxylic acids is 1. The molecule has 2 heterocycles. The van der Waals surface area contributed by atoms with Crippen molar-refractivity contribution in [3.63, 3.8) is 0 Å². The van der Waals surface area contributed by atoms with Crippen LogP contribution in [-0.2, 0) is 6.54 Å². The van der Waals surface area contributed by atoms with Crippen LogP contribution in [0.25, 0.3) is 22.6 Å². The Morgan fingerprint density at radius 3 is 2.50 bits per heavy atom. The average Bonchev–Trinajstić information content (AvgIpc) is 3.23. The van der Waals surface area contributed by atoms with Crippen molar-refractivity contribution in [1.29, 1.82) is 0 Å². The second-order valence-electron chi connectivity index (χ2n) is 8.26. The first kappa shape index (κ1) is 21.3. The number of aromatic carboxylic acids is 1. The van der Waals surface area contributed by atoms with Crippen LogP contribution in [0.15, 0.2) is 71.5 Å². The standard InChI is InChI=1S/C27H21N3O4/c1-16-6-8-17(9-7-16)14-18-12-13-30-24(18)29-23-15-19(10-11-22(23)26(30)32)28-25(31)20-4-2-3-5-21(20)27(33)34/h2-11,14-15H,12-13H2,1H3,(H,28,31)(H,33,34). The summed E-state index contributed by atoms with van der Waals surface area (Å²) in [6.07, 6.45) is 2.76. The van der Waals surface area contributed by atoms with Gasteiger partial charge in [-0.15, -0.1) is 0 Å². The lowest BCUT2D eigenvalue weighted by Gasteiger charge is -2.10. The number of aryl methyl sites for hydroxylation is 1. The van der Waals surface area contributed by atoms with Crippen LogP contribution < -0.4 is 10.9 Å². The van der Waals surface area contributed by atoms with Crippen LogP contribution in [0, 0.1) is 6.92 Å². The zero-order valence-corrected chi connectivity index (χ0v) is 18.4. The van der Waals surface area contributed by atoms with Crippen LogP contribution in [0.1, 0.15) is 44.1 Å². The van der Waals surface area contributed by atoms with Crippen molar-refractivity contribution < 1.29 is 14.7 Å². The van der Waals surface area contributed by atoms with Gasteiger partial charge in [0.05, 0.1) is 22.0 Å². The van der Waals surface area contributed by atoms with E-state index in [1.165, 1.54) is 17.7 Å². The van der Waals surface area contributed by atoms with E-state index in [0.717, 1.165) is 11.1 Å². The van der Waals surface area contributed by atoms with E-state index >= 15 is 0 Å². The van der Waals surface area contributed by atoms with E-state index < -0.39 is 11.9 Å². The second-order valence-corrected chi connectivity index (χ2v) is 8.26. The fraction of sp³-hybridized carbons (Fsp3) is 0.111. The number of amides is 1. The molecule has 0 aliphatic carbocycles. The van der Waals surface area contributed by atoms with Crippen LogP contribution in [0.2, 0.25) is 0 Å². The van der Waals surface area contributed by atoms with E-state index in [2.05, 4.69) is 5.32 Å². The highest BCUT2D eigenvalue weighted by atomic mass is 16.4. The Morgan fingerprint density at radius 2 is 1.76 bits per heavy atom. The summed E-state index contributed by atoms with van der Waals surface area (Å²) in [5.41, 5.74) is 3.94. The monoisotopic (exact) mass is 451 g/mol. The summed E-state index contributed by atoms with van der Waals surface area (Å²) in [5.74, 6) is -1.10. The van der Waals surface area contributed by atoms with Gasteiger partial charge < -0.3 is 10.4 Å². The molecule has 168 valence electrons. The number of hydrogen-bond donors (Lipinski definition) is 2. The molecule has 2 N–H and O–H groups in total. The summed E-state index contributed by atoms with van der Waals surface area (Å²) in [7, 11) is 0. The van der Waals surface area contributed by atoms with E-state index in [-0.39, 0.29) is 16.7 Å². The topological polar surface area (TPSA) is 101 Å². The molecule has 0 spiro atoms. The number of rotatable bonds is 4. The smallest absolute Gasteiger partial charge is 0.336 e. The predicted molar refractivity (Wildman–Crippen MR) is 131 cm³/mol. The van der Waals surface area contributed by atoms with Gasteiger partial charge in [-0.2, -0.15) is 0 Å². The number of aromatic nitrogens is 2. The molecule has 0 radical (unpaired) electrons. The van der Waals surface area contributed by atoms with Gasteiger partial charge in [0.15, 0.2) is 0 Å². The molecule has 34 heavy (non-hydrogen) atoms. The fourth-order valence-corrected chi connectivity index (χ4v) is 4.16. The summed E-state index contributed by atoms with van der Waals surface area (Å²) in [5, 5.41) is 12.5. The van der Waals surface area contributed by atoms with Crippen LogP contribution in [0.4, 0.5) is 5.69 Å². The number of carbonyl (C=O) groups excluding carboxylic acids is 1. The van der Waals surface area contributed by atoms with Crippen molar-refractivity contribution in [3.05, 3.63) is 105 Å². The minimum atomic E-state index is -1.18. The summed E-state index contributed by atoms with van der Waals surface area (Å²) in [4.78, 5) is 42.0. The van der Waals surface area contributed by atoms with Crippen molar-refractivity contribution in [2.75, 3.05) is 5.32 Å². The number of benzene rings is 3. The lowest BCUT2D eigenvalue weighted by molar-refractivity contribution is 0.0692. The number of nitrogens with one attached hydrogen (secondary N) is 1. The van der Waals surface area contributed by atoms with Gasteiger partial charge in [-0.05, 0) is 60.9 Å². The normalized spacial score (nSPS) is 13.7. The van der Waals surface area contributed by atoms with E-state index in [4.69, 9.17) is 4.98 Å². The van der Waals surface area contributed by atoms with Gasteiger partial charge in [0.25, 0.3) is 11.5 Å². The highest BCUT2D eigenvalue weighted by Crippen LogP contribution is 2.28. The summed E-state index contributed by atoms with van der Waals surface area (Å²) in [6.45, 7) is 2.60. The molecular formula is C27H21N3O4. The molecule has 7 heteroatoms. The summed E-state index contributed by atoms with van der Waals surface area (Å²) < 4.78 is 1.68. The molecule has 0 atom stereocenters. The molecule has 1 aromatic heterocycles. The van der Waals surface area contributed by atoms with Gasteiger partial charge in [0, 0.05) is 12.2 Å². The van der Waals surface area contributed by atoms with E-state index in [0.29, 0.717) is 35.4 Å². The van der Waals surface area contributed by atoms with Gasteiger partial charge >= 0.3 is 5.97 Å². The highest BCUT2D eigenvalue weighted by molar-refractivity contribution is 6.11. The van der Waals surface area contributed by atoms with E-state index in [1.807, 2.05) is 37.3 Å². The molecule has 0 saturated carbocycles. The summed E-state index contributed by atoms with van der Waals surface area (Å²) in [6, 6.07) is 19.1. The molecule has 1 aliphatic rings. The van der Waals surface area contributed by atoms with Crippen LogP contribution >= 0.6 is 0 Å². The van der Waals surface area contributed by atoms with Gasteiger partial charge in [-0.1, -0.05) is 42.0 Å². The van der Waals surface area contributed by atoms with Gasteiger partial charge in [-0.25, -0.2) is 9.78 Å². The molecule has 7 nitrogen and oxygen atoms in total. The molecule has 3 aromatic carbocycles. The predicted octanol–water partition coefficient (Wildman–Crippen LogP) is 4.60. The number of carboxylic acid groups (broad SMARTS) is 1. The zero-order valence-electron chi connectivity index (χ0n) is 18.4. The number of nitrogens with zero attached hydrogens (tertiary/aromatic N) is 2. The Kier molecular flexibility index (Phi) is 5.30. The van der Waals surface area contributed by atoms with Gasteiger partial charge in [-0.3, -0.25) is 14.2 Å². The van der Waals surface area contributed by atoms with Crippen molar-refractivity contribution in [2.45, 2.75) is 19.9 Å². The molecule has 0 fully saturated rings. The molecule has 1 amide bonds. The minimum absolute atomic E-state index is 0.0559. The maximum absolute atomic E-state index is 13.1. The number of hydrogen-bond acceptors (Lipinski definition) is 4. The van der Waals surface area contributed by atoms with E-state index in [1.54, 1.807) is 34.9 Å². The van der Waals surface area contributed by atoms with Gasteiger partial charge in [0.1, 0.15) is 5.82 Å². The molecule has 5 rings (SSSR count). The van der Waals surface area contributed by atoms with Crippen molar-refractivity contribution >= 4 is 40.1 Å². The molecule has 4 aromatic rings. The largest absolute Gasteiger partial charge is 0.478 e. The zero-order chi connectivity index (χ0) is 23.8. The Bertz CT molecular complexity index is 1550. The number of fused-ring (bicyclic) bond motifs is 2. The molecule has 1 aliphatic heterocycles. The third-order valence-electron chi connectivity index (χ3n) is 5.93. The van der Waals surface area contributed by atoms with Crippen molar-refractivity contribution in [3.8, 4) is 0 Å². The third kappa shape index (κ3) is 3.88. The van der Waals surface area contributed by atoms with Crippen molar-refractivity contribution in [1.82, 2.24) is 9.55 Å². The summed E-state index contributed by atoms with van der Waals surface area (Å²) >= 11 is 0. The molecule has 0 saturated heterocycles. The highest BCUT2D eigenvalue weighted by Gasteiger charge is 2.21. The van der Waals surface area contributed by atoms with Gasteiger partial charge in [0.2, 0.25) is 0 Å². The maximum atomic E-state index is 13.1. The average molecular weight is 451 g/mol. The maximum Gasteiger partial charge on any atom is 0.336 e. The van der Waals surface area contributed by atoms with Crippen molar-refractivity contribution in [2.24, 2.45) is 0 Å². The Labute approximate surface area is 195 Å². The number of allylic oxidation sites excluding steroid dienone is 1. The molecular weight excluding hydrogens is 430 g/mol. The van der Waals surface area contributed by atoms with Crippen LogP contribution in [0.3, 0.4) is 0 Å². The quantitative estimate of drug-likeness (QED) is 0.472. The van der Waals surface area contributed by atoms with Crippen LogP contribution in [0.5, 0.6) is 0 Å². The first-order chi connectivity index (χ1) is 16.4. The Morgan fingerprint density at radius 1 is 1.03 bits per heavy atom. The third-order valence-corrected chi connectivity index (χ3v) is 5.93.